The molecule has 5 heteroatoms. The van der Waals surface area contributed by atoms with Crippen molar-refractivity contribution in [1.82, 2.24) is 4.90 Å². The van der Waals surface area contributed by atoms with Crippen LogP contribution in [0.4, 0.5) is 4.39 Å². The minimum Gasteiger partial charge on any atom is -0.481 e. The highest BCUT2D eigenvalue weighted by molar-refractivity contribution is 5.94. The highest BCUT2D eigenvalue weighted by Crippen LogP contribution is 2.25. The molecule has 19 heavy (non-hydrogen) atoms. The van der Waals surface area contributed by atoms with E-state index in [0.29, 0.717) is 6.04 Å². The van der Waals surface area contributed by atoms with E-state index >= 15 is 0 Å². The molecule has 1 aliphatic rings. The average Bonchev–Trinajstić information content (AvgIpc) is 3.20. The van der Waals surface area contributed by atoms with Gasteiger partial charge in [0.15, 0.2) is 24.0 Å². The smallest absolute Gasteiger partial charge is 0.260 e. The van der Waals surface area contributed by atoms with Gasteiger partial charge in [0.25, 0.3) is 5.91 Å². The fourth-order valence-corrected chi connectivity index (χ4v) is 1.74. The number of nitrogens with zero attached hydrogens (tertiary/aromatic N) is 1. The van der Waals surface area contributed by atoms with Crippen molar-refractivity contribution in [2.75, 3.05) is 13.7 Å². The number of likely N-dealkylation sites (N-methyl/N-ethyl adjacent to an activating group) is 1. The van der Waals surface area contributed by atoms with Crippen LogP contribution >= 0.6 is 0 Å². The molecule has 1 saturated carbocycles. The summed E-state index contributed by atoms with van der Waals surface area (Å²) in [5.41, 5.74) is 0.284. The molecule has 0 atom stereocenters. The molecule has 1 amide bonds. The van der Waals surface area contributed by atoms with Crippen LogP contribution in [0.5, 0.6) is 5.75 Å². The first kappa shape index (κ1) is 13.5. The number of Topliss-reactive ketones (excluding diaryl/α,β-unsaturated/α-hetero) is 1. The van der Waals surface area contributed by atoms with E-state index in [0.717, 1.165) is 18.9 Å². The van der Waals surface area contributed by atoms with E-state index in [-0.39, 0.29) is 29.6 Å². The van der Waals surface area contributed by atoms with Crippen molar-refractivity contribution in [2.45, 2.75) is 25.8 Å². The third kappa shape index (κ3) is 3.30. The Morgan fingerprint density at radius 3 is 2.63 bits per heavy atom. The Morgan fingerprint density at radius 1 is 1.42 bits per heavy atom. The van der Waals surface area contributed by atoms with E-state index in [1.54, 1.807) is 11.9 Å². The van der Waals surface area contributed by atoms with Crippen molar-refractivity contribution in [3.05, 3.63) is 29.6 Å². The van der Waals surface area contributed by atoms with Gasteiger partial charge in [-0.05, 0) is 38.0 Å². The van der Waals surface area contributed by atoms with Crippen molar-refractivity contribution in [3.8, 4) is 5.75 Å². The summed E-state index contributed by atoms with van der Waals surface area (Å²) in [5.74, 6) is -1.02. The summed E-state index contributed by atoms with van der Waals surface area (Å²) in [7, 11) is 1.72. The molecule has 4 nitrogen and oxygen atoms in total. The average molecular weight is 265 g/mol. The topological polar surface area (TPSA) is 46.6 Å². The van der Waals surface area contributed by atoms with Gasteiger partial charge in [0, 0.05) is 18.7 Å². The highest BCUT2D eigenvalue weighted by atomic mass is 19.1. The maximum atomic E-state index is 13.6. The molecular weight excluding hydrogens is 249 g/mol. The minimum absolute atomic E-state index is 0.0115. The number of hydrogen-bond acceptors (Lipinski definition) is 3. The van der Waals surface area contributed by atoms with Gasteiger partial charge >= 0.3 is 0 Å². The summed E-state index contributed by atoms with van der Waals surface area (Å²) < 4.78 is 18.8. The Bertz CT molecular complexity index is 511. The molecule has 1 aromatic rings. The number of carbonyl (C=O) groups excluding carboxylic acids is 2. The van der Waals surface area contributed by atoms with Gasteiger partial charge in [-0.1, -0.05) is 0 Å². The van der Waals surface area contributed by atoms with Crippen molar-refractivity contribution < 1.29 is 18.7 Å². The fourth-order valence-electron chi connectivity index (χ4n) is 1.74. The second kappa shape index (κ2) is 5.38. The molecule has 0 N–H and O–H groups in total. The molecule has 1 fully saturated rings. The van der Waals surface area contributed by atoms with E-state index in [4.69, 9.17) is 4.74 Å². The second-order valence-electron chi connectivity index (χ2n) is 4.73. The summed E-state index contributed by atoms with van der Waals surface area (Å²) in [6, 6.07) is 4.28. The molecule has 0 saturated heterocycles. The molecule has 102 valence electrons. The molecule has 0 spiro atoms. The molecule has 0 bridgehead atoms. The Balaban J connectivity index is 1.95. The quantitative estimate of drug-likeness (QED) is 0.765. The summed E-state index contributed by atoms with van der Waals surface area (Å²) in [5, 5.41) is 0. The van der Waals surface area contributed by atoms with Crippen LogP contribution in [0.15, 0.2) is 18.2 Å². The zero-order chi connectivity index (χ0) is 14.0. The lowest BCUT2D eigenvalue weighted by Crippen LogP contribution is -2.33. The van der Waals surface area contributed by atoms with Gasteiger partial charge in [-0.25, -0.2) is 4.39 Å². The highest BCUT2D eigenvalue weighted by Gasteiger charge is 2.29. The van der Waals surface area contributed by atoms with Crippen molar-refractivity contribution in [1.29, 1.82) is 0 Å². The predicted octanol–water partition coefficient (Wildman–Crippen LogP) is 2.03. The Morgan fingerprint density at radius 2 is 2.11 bits per heavy atom. The molecule has 1 aromatic carbocycles. The van der Waals surface area contributed by atoms with Gasteiger partial charge in [-0.2, -0.15) is 0 Å². The second-order valence-corrected chi connectivity index (χ2v) is 4.73. The van der Waals surface area contributed by atoms with Crippen LogP contribution in [-0.2, 0) is 4.79 Å². The van der Waals surface area contributed by atoms with Gasteiger partial charge in [0.2, 0.25) is 0 Å². The zero-order valence-electron chi connectivity index (χ0n) is 11.0. The number of ketones is 1. The maximum absolute atomic E-state index is 13.6. The molecule has 0 unspecified atom stereocenters. The maximum Gasteiger partial charge on any atom is 0.260 e. The molecule has 0 radical (unpaired) electrons. The first-order chi connectivity index (χ1) is 8.99. The molecule has 1 aliphatic carbocycles. The monoisotopic (exact) mass is 265 g/mol. The third-order valence-electron chi connectivity index (χ3n) is 3.18. The van der Waals surface area contributed by atoms with Crippen LogP contribution in [0.25, 0.3) is 0 Å². The normalized spacial score (nSPS) is 14.1. The summed E-state index contributed by atoms with van der Waals surface area (Å²) in [4.78, 5) is 24.4. The van der Waals surface area contributed by atoms with Gasteiger partial charge in [0.05, 0.1) is 0 Å². The van der Waals surface area contributed by atoms with Crippen LogP contribution < -0.4 is 4.74 Å². The van der Waals surface area contributed by atoms with Crippen LogP contribution in [0.3, 0.4) is 0 Å². The Hall–Kier alpha value is -1.91. The number of benzene rings is 1. The summed E-state index contributed by atoms with van der Waals surface area (Å²) in [6.07, 6.45) is 2.04. The number of amides is 1. The van der Waals surface area contributed by atoms with Gasteiger partial charge in [-0.3, -0.25) is 9.59 Å². The minimum atomic E-state index is -0.630. The van der Waals surface area contributed by atoms with E-state index in [9.17, 15) is 14.0 Å². The van der Waals surface area contributed by atoms with Crippen LogP contribution in [0.1, 0.15) is 30.1 Å². The summed E-state index contributed by atoms with van der Waals surface area (Å²) >= 11 is 0. The SMILES string of the molecule is CC(=O)c1ccc(OCC(=O)N(C)C2CC2)c(F)c1. The number of ether oxygens (including phenoxy) is 1. The van der Waals surface area contributed by atoms with Gasteiger partial charge in [-0.15, -0.1) is 0 Å². The number of rotatable bonds is 5. The molecule has 0 heterocycles. The van der Waals surface area contributed by atoms with Crippen molar-refractivity contribution >= 4 is 11.7 Å². The van der Waals surface area contributed by atoms with Crippen molar-refractivity contribution in [3.63, 3.8) is 0 Å². The lowest BCUT2D eigenvalue weighted by atomic mass is 10.1. The van der Waals surface area contributed by atoms with Gasteiger partial charge in [0.1, 0.15) is 0 Å². The van der Waals surface area contributed by atoms with E-state index < -0.39 is 5.82 Å². The lowest BCUT2D eigenvalue weighted by molar-refractivity contribution is -0.132. The predicted molar refractivity (Wildman–Crippen MR) is 67.7 cm³/mol. The number of hydrogen-bond donors (Lipinski definition) is 0. The number of carbonyl (C=O) groups is 2. The Kier molecular flexibility index (Phi) is 3.83. The molecule has 2 rings (SSSR count). The number of halogens is 1. The Labute approximate surface area is 111 Å². The largest absolute Gasteiger partial charge is 0.481 e. The first-order valence-electron chi connectivity index (χ1n) is 6.18. The van der Waals surface area contributed by atoms with E-state index in [1.165, 1.54) is 19.1 Å². The molecule has 0 aromatic heterocycles. The van der Waals surface area contributed by atoms with E-state index in [2.05, 4.69) is 0 Å². The lowest BCUT2D eigenvalue weighted by Gasteiger charge is -2.16. The summed E-state index contributed by atoms with van der Waals surface area (Å²) in [6.45, 7) is 1.17. The van der Waals surface area contributed by atoms with Crippen molar-refractivity contribution in [2.24, 2.45) is 0 Å². The zero-order valence-corrected chi connectivity index (χ0v) is 11.0. The standard InChI is InChI=1S/C14H16FNO3/c1-9(17)10-3-6-13(12(15)7-10)19-8-14(18)16(2)11-4-5-11/h3,6-7,11H,4-5,8H2,1-2H3. The third-order valence-corrected chi connectivity index (χ3v) is 3.18. The fraction of sp³-hybridized carbons (Fsp3) is 0.429. The van der Waals surface area contributed by atoms with Crippen LogP contribution in [0.2, 0.25) is 0 Å². The van der Waals surface area contributed by atoms with Crippen LogP contribution in [-0.4, -0.2) is 36.3 Å². The first-order valence-corrected chi connectivity index (χ1v) is 6.18. The van der Waals surface area contributed by atoms with Crippen LogP contribution in [0, 0.1) is 5.82 Å². The molecule has 0 aliphatic heterocycles. The van der Waals surface area contributed by atoms with E-state index in [1.807, 2.05) is 0 Å². The van der Waals surface area contributed by atoms with Gasteiger partial charge < -0.3 is 9.64 Å². The molecular formula is C14H16FNO3.